The average molecular weight is 470 g/mol. The molecule has 2 aromatic carbocycles. The first-order chi connectivity index (χ1) is 17.0. The monoisotopic (exact) mass is 469 g/mol. The van der Waals surface area contributed by atoms with Gasteiger partial charge >= 0.3 is 0 Å². The molecule has 2 unspecified atom stereocenters. The molecule has 0 radical (unpaired) electrons. The Kier molecular flexibility index (Phi) is 7.93. The van der Waals surface area contributed by atoms with Crippen LogP contribution >= 0.6 is 0 Å². The largest absolute Gasteiger partial charge is 0.457 e. The summed E-state index contributed by atoms with van der Waals surface area (Å²) in [7, 11) is 0. The maximum Gasteiger partial charge on any atom is 0.250 e. The molecular formula is C29H31N3O3. The Bertz CT molecular complexity index is 1180. The van der Waals surface area contributed by atoms with Crippen molar-refractivity contribution in [2.24, 2.45) is 5.73 Å². The quantitative estimate of drug-likeness (QED) is 0.405. The number of nitrogens with one attached hydrogen (secondary N) is 1. The Hall–Kier alpha value is -3.93. The van der Waals surface area contributed by atoms with E-state index in [1.807, 2.05) is 48.5 Å². The van der Waals surface area contributed by atoms with Gasteiger partial charge in [-0.1, -0.05) is 36.9 Å². The number of benzene rings is 2. The van der Waals surface area contributed by atoms with Gasteiger partial charge in [0.1, 0.15) is 11.5 Å². The summed E-state index contributed by atoms with van der Waals surface area (Å²) in [5.41, 5.74) is 9.01. The number of primary amides is 1. The van der Waals surface area contributed by atoms with E-state index in [0.717, 1.165) is 55.0 Å². The standard InChI is InChI=1S/C29H31N3O3/c1-2-28(33)31-22-14-13-21(19-22)26-18-17-25(29(30)34)27(32-26)10-6-7-20-11-15-24(16-12-20)35-23-8-4-3-5-9-23/h2-5,8-9,11-12,15-18,21-22H,1,6-7,10,13-14,19H2,(H2,30,34)(H,31,33). The molecule has 180 valence electrons. The van der Waals surface area contributed by atoms with E-state index in [9.17, 15) is 9.59 Å². The van der Waals surface area contributed by atoms with Crippen LogP contribution in [-0.4, -0.2) is 22.8 Å². The molecule has 4 rings (SSSR count). The minimum atomic E-state index is -0.455. The molecule has 0 spiro atoms. The first-order valence-electron chi connectivity index (χ1n) is 12.1. The highest BCUT2D eigenvalue weighted by Crippen LogP contribution is 2.34. The molecule has 1 heterocycles. The maximum atomic E-state index is 12.0. The zero-order valence-corrected chi connectivity index (χ0v) is 19.8. The van der Waals surface area contributed by atoms with Crippen LogP contribution in [-0.2, 0) is 17.6 Å². The maximum absolute atomic E-state index is 12.0. The Morgan fingerprint density at radius 3 is 2.46 bits per heavy atom. The number of hydrogen-bond donors (Lipinski definition) is 2. The van der Waals surface area contributed by atoms with Crippen molar-refractivity contribution in [3.8, 4) is 11.5 Å². The van der Waals surface area contributed by atoms with Crippen LogP contribution in [0.2, 0.25) is 0 Å². The molecule has 1 fully saturated rings. The average Bonchev–Trinajstić information content (AvgIpc) is 3.34. The van der Waals surface area contributed by atoms with E-state index in [0.29, 0.717) is 12.0 Å². The van der Waals surface area contributed by atoms with Crippen LogP contribution in [0, 0.1) is 0 Å². The second-order valence-corrected chi connectivity index (χ2v) is 8.93. The smallest absolute Gasteiger partial charge is 0.250 e. The number of para-hydroxylation sites is 1. The van der Waals surface area contributed by atoms with Crippen LogP contribution in [0.15, 0.2) is 79.4 Å². The number of aromatic nitrogens is 1. The molecular weight excluding hydrogens is 438 g/mol. The number of carbonyl (C=O) groups is 2. The fraction of sp³-hybridized carbons (Fsp3) is 0.276. The summed E-state index contributed by atoms with van der Waals surface area (Å²) in [6.45, 7) is 3.51. The van der Waals surface area contributed by atoms with Gasteiger partial charge in [0.05, 0.1) is 11.3 Å². The predicted octanol–water partition coefficient (Wildman–Crippen LogP) is 5.09. The summed E-state index contributed by atoms with van der Waals surface area (Å²) in [5.74, 6) is 1.26. The predicted molar refractivity (Wildman–Crippen MR) is 136 cm³/mol. The lowest BCUT2D eigenvalue weighted by atomic mass is 9.99. The molecule has 3 aromatic rings. The SMILES string of the molecule is C=CC(=O)NC1CCC(c2ccc(C(N)=O)c(CCCc3ccc(Oc4ccccc4)cc3)n2)C1. The van der Waals surface area contributed by atoms with Gasteiger partial charge in [-0.25, -0.2) is 0 Å². The van der Waals surface area contributed by atoms with Gasteiger partial charge in [-0.15, -0.1) is 0 Å². The van der Waals surface area contributed by atoms with Crippen molar-refractivity contribution < 1.29 is 14.3 Å². The molecule has 0 saturated heterocycles. The van der Waals surface area contributed by atoms with E-state index < -0.39 is 5.91 Å². The van der Waals surface area contributed by atoms with Crippen molar-refractivity contribution in [2.45, 2.75) is 50.5 Å². The Labute approximate surface area is 206 Å². The molecule has 35 heavy (non-hydrogen) atoms. The topological polar surface area (TPSA) is 94.3 Å². The van der Waals surface area contributed by atoms with Crippen molar-refractivity contribution in [3.63, 3.8) is 0 Å². The second-order valence-electron chi connectivity index (χ2n) is 8.93. The van der Waals surface area contributed by atoms with Crippen molar-refractivity contribution in [1.29, 1.82) is 0 Å². The van der Waals surface area contributed by atoms with Crippen LogP contribution in [0.5, 0.6) is 11.5 Å². The van der Waals surface area contributed by atoms with Crippen LogP contribution in [0.25, 0.3) is 0 Å². The summed E-state index contributed by atoms with van der Waals surface area (Å²) in [6.07, 6.45) is 6.35. The van der Waals surface area contributed by atoms with Crippen molar-refractivity contribution in [2.75, 3.05) is 0 Å². The van der Waals surface area contributed by atoms with E-state index in [2.05, 4.69) is 24.0 Å². The van der Waals surface area contributed by atoms with Gasteiger partial charge in [0, 0.05) is 17.7 Å². The van der Waals surface area contributed by atoms with Gasteiger partial charge in [-0.2, -0.15) is 0 Å². The lowest BCUT2D eigenvalue weighted by molar-refractivity contribution is -0.117. The number of ether oxygens (including phenoxy) is 1. The Morgan fingerprint density at radius 2 is 1.74 bits per heavy atom. The van der Waals surface area contributed by atoms with Crippen LogP contribution < -0.4 is 15.8 Å². The van der Waals surface area contributed by atoms with E-state index in [1.165, 1.54) is 11.6 Å². The number of hydrogen-bond acceptors (Lipinski definition) is 4. The summed E-state index contributed by atoms with van der Waals surface area (Å²) in [5, 5.41) is 2.97. The fourth-order valence-electron chi connectivity index (χ4n) is 4.61. The second kappa shape index (κ2) is 11.5. The van der Waals surface area contributed by atoms with E-state index >= 15 is 0 Å². The zero-order valence-electron chi connectivity index (χ0n) is 19.8. The molecule has 0 aliphatic heterocycles. The minimum Gasteiger partial charge on any atom is -0.457 e. The highest BCUT2D eigenvalue weighted by molar-refractivity contribution is 5.93. The van der Waals surface area contributed by atoms with Crippen LogP contribution in [0.3, 0.4) is 0 Å². The highest BCUT2D eigenvalue weighted by atomic mass is 16.5. The first-order valence-corrected chi connectivity index (χ1v) is 12.1. The van der Waals surface area contributed by atoms with Gasteiger partial charge in [0.15, 0.2) is 0 Å². The van der Waals surface area contributed by atoms with Gasteiger partial charge in [-0.3, -0.25) is 14.6 Å². The number of nitrogens with zero attached hydrogens (tertiary/aromatic N) is 1. The Balaban J connectivity index is 1.36. The van der Waals surface area contributed by atoms with E-state index in [4.69, 9.17) is 15.5 Å². The lowest BCUT2D eigenvalue weighted by Crippen LogP contribution is -2.31. The van der Waals surface area contributed by atoms with Crippen LogP contribution in [0.1, 0.15) is 58.9 Å². The summed E-state index contributed by atoms with van der Waals surface area (Å²) < 4.78 is 5.86. The van der Waals surface area contributed by atoms with Crippen LogP contribution in [0.4, 0.5) is 0 Å². The van der Waals surface area contributed by atoms with Gasteiger partial charge in [0.25, 0.3) is 5.91 Å². The number of aryl methyl sites for hydroxylation is 2. The van der Waals surface area contributed by atoms with E-state index in [1.54, 1.807) is 6.07 Å². The molecule has 3 N–H and O–H groups in total. The van der Waals surface area contributed by atoms with Crippen molar-refractivity contribution in [3.05, 3.63) is 102 Å². The van der Waals surface area contributed by atoms with E-state index in [-0.39, 0.29) is 17.9 Å². The molecule has 0 bridgehead atoms. The normalized spacial score (nSPS) is 17.0. The molecule has 1 aromatic heterocycles. The number of rotatable bonds is 10. The van der Waals surface area contributed by atoms with Gasteiger partial charge in [-0.05, 0) is 86.6 Å². The highest BCUT2D eigenvalue weighted by Gasteiger charge is 2.28. The minimum absolute atomic E-state index is 0.125. The molecule has 2 amide bonds. The molecule has 6 nitrogen and oxygen atoms in total. The van der Waals surface area contributed by atoms with Gasteiger partial charge in [0.2, 0.25) is 5.91 Å². The summed E-state index contributed by atoms with van der Waals surface area (Å²) >= 11 is 0. The number of nitrogens with two attached hydrogens (primary N) is 1. The Morgan fingerprint density at radius 1 is 1.00 bits per heavy atom. The fourth-order valence-corrected chi connectivity index (χ4v) is 4.61. The third-order valence-electron chi connectivity index (χ3n) is 6.43. The summed E-state index contributed by atoms with van der Waals surface area (Å²) in [6, 6.07) is 21.6. The van der Waals surface area contributed by atoms with Crippen molar-refractivity contribution in [1.82, 2.24) is 10.3 Å². The van der Waals surface area contributed by atoms with Gasteiger partial charge < -0.3 is 15.8 Å². The summed E-state index contributed by atoms with van der Waals surface area (Å²) in [4.78, 5) is 28.5. The lowest BCUT2D eigenvalue weighted by Gasteiger charge is -2.14. The van der Waals surface area contributed by atoms with Crippen molar-refractivity contribution >= 4 is 11.8 Å². The zero-order chi connectivity index (χ0) is 24.6. The third kappa shape index (κ3) is 6.57. The molecule has 1 saturated carbocycles. The number of amides is 2. The molecule has 2 atom stereocenters. The first kappa shape index (κ1) is 24.2. The molecule has 6 heteroatoms. The molecule has 1 aliphatic carbocycles. The number of pyridine rings is 1. The molecule has 1 aliphatic rings. The number of carbonyl (C=O) groups excluding carboxylic acids is 2. The third-order valence-corrected chi connectivity index (χ3v) is 6.43.